The van der Waals surface area contributed by atoms with Gasteiger partial charge in [0, 0.05) is 34.9 Å². The van der Waals surface area contributed by atoms with Gasteiger partial charge in [-0.3, -0.25) is 4.79 Å². The van der Waals surface area contributed by atoms with E-state index in [0.29, 0.717) is 29.0 Å². The number of H-pyrrole nitrogens is 2. The molecule has 3 fully saturated rings. The van der Waals surface area contributed by atoms with E-state index in [9.17, 15) is 4.79 Å². The molecular formula is C30H26F3N5O. The van der Waals surface area contributed by atoms with E-state index in [1.807, 2.05) is 12.1 Å². The van der Waals surface area contributed by atoms with Crippen molar-refractivity contribution in [2.45, 2.75) is 25.1 Å². The molecule has 0 unspecified atom stereocenters. The van der Waals surface area contributed by atoms with Gasteiger partial charge in [0.15, 0.2) is 0 Å². The van der Waals surface area contributed by atoms with Crippen LogP contribution in [0, 0.1) is 5.92 Å². The molecule has 5 aromatic rings. The SMILES string of the molecule is O=c1[nH]c2ccccc2cc1-c1ccc(N[C@H]2CN3CCC2CC3)c(C(F)(F)F)c1-c1nc2ccccc2[nH]1. The third-order valence-electron chi connectivity index (χ3n) is 8.16. The molecule has 2 bridgehead atoms. The Balaban J connectivity index is 1.48. The number of halogens is 3. The molecule has 0 radical (unpaired) electrons. The molecular weight excluding hydrogens is 503 g/mol. The van der Waals surface area contributed by atoms with Crippen LogP contribution in [0.15, 0.2) is 71.5 Å². The fourth-order valence-electron chi connectivity index (χ4n) is 6.23. The van der Waals surface area contributed by atoms with Crippen molar-refractivity contribution in [3.8, 4) is 22.5 Å². The normalized spacial score (nSPS) is 21.1. The van der Waals surface area contributed by atoms with Gasteiger partial charge in [-0.15, -0.1) is 0 Å². The third-order valence-corrected chi connectivity index (χ3v) is 8.16. The maximum Gasteiger partial charge on any atom is 0.419 e. The number of hydrogen-bond donors (Lipinski definition) is 3. The van der Waals surface area contributed by atoms with E-state index in [1.54, 1.807) is 48.5 Å². The number of aromatic nitrogens is 3. The number of piperidine rings is 3. The number of para-hydroxylation sites is 3. The Morgan fingerprint density at radius 3 is 2.36 bits per heavy atom. The number of nitrogens with zero attached hydrogens (tertiary/aromatic N) is 2. The van der Waals surface area contributed by atoms with Crippen LogP contribution in [0.3, 0.4) is 0 Å². The lowest BCUT2D eigenvalue weighted by Gasteiger charge is -2.45. The van der Waals surface area contributed by atoms with Crippen molar-refractivity contribution in [1.29, 1.82) is 0 Å². The Bertz CT molecular complexity index is 1730. The molecule has 3 aromatic carbocycles. The zero-order valence-corrected chi connectivity index (χ0v) is 21.0. The molecule has 0 aliphatic carbocycles. The van der Waals surface area contributed by atoms with E-state index in [4.69, 9.17) is 0 Å². The van der Waals surface area contributed by atoms with Gasteiger partial charge in [-0.05, 0) is 73.1 Å². The Hall–Kier alpha value is -4.11. The Morgan fingerprint density at radius 2 is 1.64 bits per heavy atom. The van der Waals surface area contributed by atoms with E-state index in [1.165, 1.54) is 6.07 Å². The highest BCUT2D eigenvalue weighted by atomic mass is 19.4. The average Bonchev–Trinajstić information content (AvgIpc) is 3.37. The van der Waals surface area contributed by atoms with Crippen molar-refractivity contribution < 1.29 is 13.2 Å². The van der Waals surface area contributed by atoms with Gasteiger partial charge in [0.25, 0.3) is 5.56 Å². The molecule has 3 N–H and O–H groups in total. The van der Waals surface area contributed by atoms with Crippen molar-refractivity contribution in [2.75, 3.05) is 25.0 Å². The summed E-state index contributed by atoms with van der Waals surface area (Å²) in [7, 11) is 0. The van der Waals surface area contributed by atoms with Crippen LogP contribution >= 0.6 is 0 Å². The summed E-state index contributed by atoms with van der Waals surface area (Å²) in [5, 5.41) is 3.99. The zero-order chi connectivity index (χ0) is 26.7. The number of imidazole rings is 1. The molecule has 0 spiro atoms. The highest BCUT2D eigenvalue weighted by Gasteiger charge is 2.41. The second kappa shape index (κ2) is 8.98. The first-order valence-electron chi connectivity index (χ1n) is 13.2. The van der Waals surface area contributed by atoms with Crippen molar-refractivity contribution in [3.63, 3.8) is 0 Å². The maximum absolute atomic E-state index is 15.1. The molecule has 9 heteroatoms. The van der Waals surface area contributed by atoms with Gasteiger partial charge in [0.05, 0.1) is 16.6 Å². The summed E-state index contributed by atoms with van der Waals surface area (Å²) in [5.41, 5.74) is 0.721. The van der Waals surface area contributed by atoms with Crippen LogP contribution in [-0.4, -0.2) is 45.5 Å². The number of aromatic amines is 2. The van der Waals surface area contributed by atoms with E-state index >= 15 is 13.2 Å². The van der Waals surface area contributed by atoms with Crippen molar-refractivity contribution in [2.24, 2.45) is 5.92 Å². The van der Waals surface area contributed by atoms with E-state index in [-0.39, 0.29) is 34.2 Å². The molecule has 5 heterocycles. The molecule has 2 aromatic heterocycles. The lowest BCUT2D eigenvalue weighted by molar-refractivity contribution is -0.136. The topological polar surface area (TPSA) is 76.8 Å². The third kappa shape index (κ3) is 4.17. The van der Waals surface area contributed by atoms with Crippen LogP contribution in [0.4, 0.5) is 18.9 Å². The quantitative estimate of drug-likeness (QED) is 0.257. The number of pyridine rings is 1. The van der Waals surface area contributed by atoms with Crippen LogP contribution in [0.1, 0.15) is 18.4 Å². The summed E-state index contributed by atoms with van der Waals surface area (Å²) in [6, 6.07) is 19.0. The first kappa shape index (κ1) is 24.0. The predicted molar refractivity (Wildman–Crippen MR) is 147 cm³/mol. The first-order valence-corrected chi connectivity index (χ1v) is 13.2. The summed E-state index contributed by atoms with van der Waals surface area (Å²) in [4.78, 5) is 26.0. The van der Waals surface area contributed by atoms with Crippen LogP contribution in [0.25, 0.3) is 44.5 Å². The summed E-state index contributed by atoms with van der Waals surface area (Å²) >= 11 is 0. The summed E-state index contributed by atoms with van der Waals surface area (Å²) in [6.45, 7) is 2.69. The predicted octanol–water partition coefficient (Wildman–Crippen LogP) is 6.26. The Morgan fingerprint density at radius 1 is 0.897 bits per heavy atom. The van der Waals surface area contributed by atoms with Gasteiger partial charge in [0.2, 0.25) is 0 Å². The molecule has 0 saturated carbocycles. The van der Waals surface area contributed by atoms with Gasteiger partial charge in [-0.2, -0.15) is 13.2 Å². The van der Waals surface area contributed by atoms with Gasteiger partial charge in [-0.25, -0.2) is 4.98 Å². The zero-order valence-electron chi connectivity index (χ0n) is 21.0. The minimum Gasteiger partial charge on any atom is -0.380 e. The number of benzene rings is 3. The fourth-order valence-corrected chi connectivity index (χ4v) is 6.23. The number of anilines is 1. The van der Waals surface area contributed by atoms with Gasteiger partial charge < -0.3 is 20.2 Å². The largest absolute Gasteiger partial charge is 0.419 e. The Labute approximate surface area is 221 Å². The number of rotatable bonds is 4. The van der Waals surface area contributed by atoms with Crippen LogP contribution < -0.4 is 10.9 Å². The number of nitrogens with one attached hydrogen (secondary N) is 3. The molecule has 1 atom stereocenters. The monoisotopic (exact) mass is 529 g/mol. The Kier molecular flexibility index (Phi) is 5.52. The lowest BCUT2D eigenvalue weighted by atomic mass is 9.83. The summed E-state index contributed by atoms with van der Waals surface area (Å²) in [6.07, 6.45) is -2.76. The number of fused-ring (bicyclic) bond motifs is 5. The molecule has 198 valence electrons. The number of alkyl halides is 3. The first-order chi connectivity index (χ1) is 18.8. The van der Waals surface area contributed by atoms with Gasteiger partial charge in [-0.1, -0.05) is 36.4 Å². The van der Waals surface area contributed by atoms with Crippen molar-refractivity contribution in [1.82, 2.24) is 19.9 Å². The van der Waals surface area contributed by atoms with Crippen LogP contribution in [-0.2, 0) is 6.18 Å². The van der Waals surface area contributed by atoms with Crippen molar-refractivity contribution in [3.05, 3.63) is 82.6 Å². The second-order valence-corrected chi connectivity index (χ2v) is 10.5. The average molecular weight is 530 g/mol. The lowest BCUT2D eigenvalue weighted by Crippen LogP contribution is -2.53. The van der Waals surface area contributed by atoms with Crippen LogP contribution in [0.2, 0.25) is 0 Å². The maximum atomic E-state index is 15.1. The molecule has 3 aliphatic heterocycles. The summed E-state index contributed by atoms with van der Waals surface area (Å²) in [5.74, 6) is 0.400. The minimum absolute atomic E-state index is 0.0117. The molecule has 3 saturated heterocycles. The fraction of sp³-hybridized carbons (Fsp3) is 0.267. The standard InChI is InChI=1S/C30H26F3N5O/c31-30(32,33)27-24(34-25-16-38-13-11-17(25)12-14-38)10-9-19(20-15-18-5-1-2-6-21(18)37-29(20)39)26(27)28-35-22-7-3-4-8-23(22)36-28/h1-10,15,17,25,34H,11-14,16H2,(H,35,36)(H,37,39)/t25-/m0/s1. The molecule has 0 amide bonds. The molecule has 39 heavy (non-hydrogen) atoms. The van der Waals surface area contributed by atoms with Gasteiger partial charge >= 0.3 is 6.18 Å². The van der Waals surface area contributed by atoms with Crippen molar-refractivity contribution >= 4 is 27.6 Å². The second-order valence-electron chi connectivity index (χ2n) is 10.5. The number of hydrogen-bond acceptors (Lipinski definition) is 4. The molecule has 8 rings (SSSR count). The van der Waals surface area contributed by atoms with Crippen LogP contribution in [0.5, 0.6) is 0 Å². The highest BCUT2D eigenvalue weighted by molar-refractivity contribution is 5.93. The highest BCUT2D eigenvalue weighted by Crippen LogP contribution is 2.46. The van der Waals surface area contributed by atoms with E-state index in [0.717, 1.165) is 31.3 Å². The molecule has 6 nitrogen and oxygen atoms in total. The van der Waals surface area contributed by atoms with E-state index in [2.05, 4.69) is 25.2 Å². The van der Waals surface area contributed by atoms with E-state index < -0.39 is 17.3 Å². The smallest absolute Gasteiger partial charge is 0.380 e. The summed E-state index contributed by atoms with van der Waals surface area (Å²) < 4.78 is 45.2. The van der Waals surface area contributed by atoms with Gasteiger partial charge in [0.1, 0.15) is 5.82 Å². The minimum atomic E-state index is -4.70. The molecule has 3 aliphatic rings.